The normalized spacial score (nSPS) is 10.3. The first-order valence-corrected chi connectivity index (χ1v) is 10.1. The lowest BCUT2D eigenvalue weighted by Gasteiger charge is -2.13. The van der Waals surface area contributed by atoms with Crippen molar-refractivity contribution in [2.45, 2.75) is 19.6 Å². The van der Waals surface area contributed by atoms with Crippen LogP contribution in [-0.2, 0) is 17.9 Å². The third-order valence-corrected chi connectivity index (χ3v) is 4.92. The third kappa shape index (κ3) is 5.51. The fourth-order valence-electron chi connectivity index (χ4n) is 3.26. The molecular formula is C25H20FN3O4. The molecular weight excluding hydrogens is 425 g/mol. The fourth-order valence-corrected chi connectivity index (χ4v) is 3.26. The van der Waals surface area contributed by atoms with Crippen molar-refractivity contribution in [3.63, 3.8) is 0 Å². The average Bonchev–Trinajstić information content (AvgIpc) is 2.84. The minimum absolute atomic E-state index is 0.00436. The molecule has 8 heteroatoms. The van der Waals surface area contributed by atoms with Crippen molar-refractivity contribution in [1.82, 2.24) is 4.57 Å². The van der Waals surface area contributed by atoms with Gasteiger partial charge < -0.3 is 14.0 Å². The lowest BCUT2D eigenvalue weighted by atomic mass is 10.0. The van der Waals surface area contributed by atoms with Crippen molar-refractivity contribution in [3.05, 3.63) is 98.7 Å². The summed E-state index contributed by atoms with van der Waals surface area (Å²) >= 11 is 0. The fraction of sp³-hybridized carbons (Fsp3) is 0.200. The predicted molar refractivity (Wildman–Crippen MR) is 117 cm³/mol. The first-order chi connectivity index (χ1) is 16.0. The van der Waals surface area contributed by atoms with Crippen LogP contribution >= 0.6 is 0 Å². The van der Waals surface area contributed by atoms with Gasteiger partial charge in [-0.3, -0.25) is 9.59 Å². The van der Waals surface area contributed by atoms with Crippen LogP contribution in [0.25, 0.3) is 0 Å². The molecule has 0 unspecified atom stereocenters. The Bertz CT molecular complexity index is 1320. The van der Waals surface area contributed by atoms with Crippen LogP contribution in [0.2, 0.25) is 0 Å². The number of pyridine rings is 1. The monoisotopic (exact) mass is 445 g/mol. The lowest BCUT2D eigenvalue weighted by molar-refractivity contribution is 0.103. The van der Waals surface area contributed by atoms with Gasteiger partial charge in [-0.2, -0.15) is 10.5 Å². The summed E-state index contributed by atoms with van der Waals surface area (Å²) in [7, 11) is 1.53. The molecule has 1 aromatic heterocycles. The maximum Gasteiger partial charge on any atom is 0.268 e. The summed E-state index contributed by atoms with van der Waals surface area (Å²) in [6, 6.07) is 15.4. The van der Waals surface area contributed by atoms with Crippen molar-refractivity contribution >= 4 is 5.78 Å². The van der Waals surface area contributed by atoms with Gasteiger partial charge in [0.1, 0.15) is 29.8 Å². The largest absolute Gasteiger partial charge is 0.488 e. The quantitative estimate of drug-likeness (QED) is 0.368. The van der Waals surface area contributed by atoms with E-state index in [0.717, 1.165) is 12.1 Å². The van der Waals surface area contributed by atoms with E-state index < -0.39 is 17.2 Å². The Morgan fingerprint density at radius 1 is 1.09 bits per heavy atom. The number of hydrogen-bond acceptors (Lipinski definition) is 6. The van der Waals surface area contributed by atoms with Crippen molar-refractivity contribution < 1.29 is 18.7 Å². The van der Waals surface area contributed by atoms with Crippen molar-refractivity contribution in [2.24, 2.45) is 0 Å². The molecule has 0 N–H and O–H groups in total. The van der Waals surface area contributed by atoms with Crippen LogP contribution < -0.4 is 10.3 Å². The molecule has 3 rings (SSSR count). The number of nitrogens with zero attached hydrogens (tertiary/aromatic N) is 3. The summed E-state index contributed by atoms with van der Waals surface area (Å²) in [5, 5.41) is 18.6. The smallest absolute Gasteiger partial charge is 0.268 e. The highest BCUT2D eigenvalue weighted by atomic mass is 19.1. The molecule has 33 heavy (non-hydrogen) atoms. The summed E-state index contributed by atoms with van der Waals surface area (Å²) in [5.74, 6) is -1.13. The Morgan fingerprint density at radius 3 is 2.58 bits per heavy atom. The van der Waals surface area contributed by atoms with Gasteiger partial charge in [0, 0.05) is 37.6 Å². The molecule has 0 aliphatic carbocycles. The number of benzene rings is 2. The van der Waals surface area contributed by atoms with Gasteiger partial charge in [0.25, 0.3) is 5.56 Å². The maximum absolute atomic E-state index is 14.0. The Hall–Kier alpha value is -4.27. The van der Waals surface area contributed by atoms with Crippen LogP contribution in [0.1, 0.15) is 39.0 Å². The second-order valence-electron chi connectivity index (χ2n) is 7.13. The summed E-state index contributed by atoms with van der Waals surface area (Å²) in [6.07, 6.45) is 1.85. The van der Waals surface area contributed by atoms with Gasteiger partial charge in [0.15, 0.2) is 5.78 Å². The van der Waals surface area contributed by atoms with Gasteiger partial charge in [0.05, 0.1) is 17.2 Å². The third-order valence-electron chi connectivity index (χ3n) is 4.92. The number of halogens is 1. The van der Waals surface area contributed by atoms with Crippen LogP contribution in [0.5, 0.6) is 5.75 Å². The first-order valence-electron chi connectivity index (χ1n) is 10.1. The highest BCUT2D eigenvalue weighted by Gasteiger charge is 2.19. The van der Waals surface area contributed by atoms with E-state index in [9.17, 15) is 24.5 Å². The SMILES string of the molecule is COCCCn1cc(C(=O)c2cc(F)ccc2OCc2ccccc2C#N)cc(C#N)c1=O. The maximum atomic E-state index is 14.0. The summed E-state index contributed by atoms with van der Waals surface area (Å²) < 4.78 is 26.1. The average molecular weight is 445 g/mol. The van der Waals surface area contributed by atoms with Gasteiger partial charge in [-0.1, -0.05) is 18.2 Å². The standard InChI is InChI=1S/C25H20FN3O4/c1-32-10-4-9-29-15-20(11-19(14-28)25(29)31)24(30)22-12-21(26)7-8-23(22)33-16-18-6-3-2-5-17(18)13-27/h2-3,5-8,11-12,15H,4,9-10,16H2,1H3. The van der Waals surface area contributed by atoms with E-state index in [1.807, 2.05) is 0 Å². The number of aromatic nitrogens is 1. The molecule has 2 aromatic carbocycles. The Balaban J connectivity index is 1.96. The molecule has 0 bridgehead atoms. The Morgan fingerprint density at radius 2 is 1.85 bits per heavy atom. The minimum atomic E-state index is -0.642. The number of aryl methyl sites for hydroxylation is 1. The highest BCUT2D eigenvalue weighted by Crippen LogP contribution is 2.25. The van der Waals surface area contributed by atoms with Crippen molar-refractivity contribution in [2.75, 3.05) is 13.7 Å². The van der Waals surface area contributed by atoms with E-state index >= 15 is 0 Å². The number of rotatable bonds is 9. The molecule has 0 spiro atoms. The number of nitriles is 2. The molecule has 0 fully saturated rings. The zero-order valence-corrected chi connectivity index (χ0v) is 17.9. The number of methoxy groups -OCH3 is 1. The van der Waals surface area contributed by atoms with E-state index in [-0.39, 0.29) is 35.6 Å². The molecule has 0 saturated heterocycles. The summed E-state index contributed by atoms with van der Waals surface area (Å²) in [4.78, 5) is 25.7. The number of carbonyl (C=O) groups excluding carboxylic acids is 1. The van der Waals surface area contributed by atoms with E-state index in [4.69, 9.17) is 9.47 Å². The van der Waals surface area contributed by atoms with Crippen LogP contribution in [0, 0.1) is 28.5 Å². The number of ketones is 1. The first kappa shape index (κ1) is 23.4. The highest BCUT2D eigenvalue weighted by molar-refractivity contribution is 6.10. The van der Waals surface area contributed by atoms with E-state index in [0.29, 0.717) is 24.2 Å². The van der Waals surface area contributed by atoms with E-state index in [1.165, 1.54) is 30.0 Å². The molecule has 0 aliphatic heterocycles. The second-order valence-corrected chi connectivity index (χ2v) is 7.13. The van der Waals surface area contributed by atoms with Gasteiger partial charge in [-0.15, -0.1) is 0 Å². The summed E-state index contributed by atoms with van der Waals surface area (Å²) in [6.45, 7) is 0.647. The van der Waals surface area contributed by atoms with Crippen molar-refractivity contribution in [3.8, 4) is 17.9 Å². The van der Waals surface area contributed by atoms with Gasteiger partial charge in [-0.25, -0.2) is 4.39 Å². The predicted octanol–water partition coefficient (Wildman–Crippen LogP) is 3.58. The Labute approximate surface area is 189 Å². The molecule has 0 saturated carbocycles. The molecule has 0 aliphatic rings. The van der Waals surface area contributed by atoms with Gasteiger partial charge in [0.2, 0.25) is 0 Å². The van der Waals surface area contributed by atoms with Crippen LogP contribution in [-0.4, -0.2) is 24.1 Å². The second kappa shape index (κ2) is 10.9. The zero-order valence-electron chi connectivity index (χ0n) is 17.9. The molecule has 0 radical (unpaired) electrons. The van der Waals surface area contributed by atoms with Crippen molar-refractivity contribution in [1.29, 1.82) is 10.5 Å². The van der Waals surface area contributed by atoms with E-state index in [2.05, 4.69) is 6.07 Å². The van der Waals surface area contributed by atoms with Crippen LogP contribution in [0.4, 0.5) is 4.39 Å². The van der Waals surface area contributed by atoms with E-state index in [1.54, 1.807) is 30.3 Å². The van der Waals surface area contributed by atoms with Crippen LogP contribution in [0.15, 0.2) is 59.5 Å². The molecule has 166 valence electrons. The zero-order chi connectivity index (χ0) is 23.8. The number of ether oxygens (including phenoxy) is 2. The molecule has 0 amide bonds. The topological polar surface area (TPSA) is 105 Å². The molecule has 1 heterocycles. The van der Waals surface area contributed by atoms with Crippen LogP contribution in [0.3, 0.4) is 0 Å². The lowest BCUT2D eigenvalue weighted by Crippen LogP contribution is -2.24. The molecule has 3 aromatic rings. The minimum Gasteiger partial charge on any atom is -0.488 e. The Kier molecular flexibility index (Phi) is 7.69. The number of carbonyl (C=O) groups is 1. The number of hydrogen-bond donors (Lipinski definition) is 0. The van der Waals surface area contributed by atoms with Gasteiger partial charge >= 0.3 is 0 Å². The molecule has 7 nitrogen and oxygen atoms in total. The molecule has 0 atom stereocenters. The van der Waals surface area contributed by atoms with Gasteiger partial charge in [-0.05, 0) is 36.8 Å². The summed E-state index contributed by atoms with van der Waals surface area (Å²) in [5.41, 5.74) is 0.316.